The van der Waals surface area contributed by atoms with Crippen molar-refractivity contribution in [1.82, 2.24) is 0 Å². The molecule has 0 spiro atoms. The van der Waals surface area contributed by atoms with Gasteiger partial charge in [-0.25, -0.2) is 0 Å². The fourth-order valence-corrected chi connectivity index (χ4v) is 3.54. The van der Waals surface area contributed by atoms with Crippen molar-refractivity contribution in [2.75, 3.05) is 6.61 Å². The Hall–Kier alpha value is -0.520. The number of esters is 1. The van der Waals surface area contributed by atoms with E-state index in [2.05, 4.69) is 12.1 Å². The number of benzene rings is 1. The number of carbonyl (C=O) groups is 1. The van der Waals surface area contributed by atoms with Gasteiger partial charge in [-0.1, -0.05) is 0 Å². The van der Waals surface area contributed by atoms with Crippen molar-refractivity contribution in [2.24, 2.45) is 0 Å². The molecule has 0 N–H and O–H groups in total. The van der Waals surface area contributed by atoms with Crippen molar-refractivity contribution < 1.29 is 9.53 Å². The van der Waals surface area contributed by atoms with Crippen LogP contribution in [0.2, 0.25) is 3.97 Å². The fraction of sp³-hybridized carbons (Fsp3) is 0.364. The van der Waals surface area contributed by atoms with Crippen LogP contribution in [0.5, 0.6) is 0 Å². The molecule has 0 aromatic heterocycles. The number of hydrogen-bond donors (Lipinski definition) is 0. The van der Waals surface area contributed by atoms with E-state index in [1.807, 2.05) is 32.0 Å². The van der Waals surface area contributed by atoms with E-state index < -0.39 is 20.9 Å². The van der Waals surface area contributed by atoms with Crippen LogP contribution in [0.1, 0.15) is 13.8 Å². The summed E-state index contributed by atoms with van der Waals surface area (Å²) >= 11 is -0.447. The molecule has 1 rings (SSSR count). The zero-order valence-electron chi connectivity index (χ0n) is 8.40. The molecule has 1 unspecified atom stereocenters. The molecule has 14 heavy (non-hydrogen) atoms. The second-order valence-corrected chi connectivity index (χ2v) is 6.86. The van der Waals surface area contributed by atoms with Crippen molar-refractivity contribution >= 4 is 30.5 Å². The molecule has 0 aliphatic rings. The molecule has 0 aliphatic heterocycles. The first-order chi connectivity index (χ1) is 6.74. The summed E-state index contributed by atoms with van der Waals surface area (Å²) < 4.78 is 6.35. The summed E-state index contributed by atoms with van der Waals surface area (Å²) in [5, 5.41) is 0. The summed E-state index contributed by atoms with van der Waals surface area (Å²) in [5.74, 6) is -0.0567. The van der Waals surface area contributed by atoms with E-state index in [9.17, 15) is 4.79 Å². The number of rotatable bonds is 4. The van der Waals surface area contributed by atoms with E-state index in [4.69, 9.17) is 4.74 Å². The van der Waals surface area contributed by atoms with Crippen LogP contribution in [0, 0.1) is 0 Å². The van der Waals surface area contributed by atoms with Gasteiger partial charge in [-0.3, -0.25) is 0 Å². The molecular weight excluding hydrogens is 292 g/mol. The molecule has 2 nitrogen and oxygen atoms in total. The molecule has 76 valence electrons. The van der Waals surface area contributed by atoms with Crippen molar-refractivity contribution in [3.8, 4) is 0 Å². The molecule has 0 aliphatic carbocycles. The molecule has 0 bridgehead atoms. The quantitative estimate of drug-likeness (QED) is 0.621. The minimum absolute atomic E-state index is 0.0567. The van der Waals surface area contributed by atoms with Crippen molar-refractivity contribution in [3.63, 3.8) is 0 Å². The average molecular weight is 306 g/mol. The first kappa shape index (κ1) is 11.6. The van der Waals surface area contributed by atoms with Crippen molar-refractivity contribution in [2.45, 2.75) is 17.8 Å². The van der Waals surface area contributed by atoms with Crippen LogP contribution < -0.4 is 3.61 Å². The third kappa shape index (κ3) is 3.69. The topological polar surface area (TPSA) is 26.3 Å². The van der Waals surface area contributed by atoms with Gasteiger partial charge in [0.05, 0.1) is 0 Å². The van der Waals surface area contributed by atoms with Crippen molar-refractivity contribution in [1.29, 1.82) is 0 Å². The third-order valence-electron chi connectivity index (χ3n) is 1.67. The summed E-state index contributed by atoms with van der Waals surface area (Å²) in [5.41, 5.74) is 0. The Morgan fingerprint density at radius 3 is 2.64 bits per heavy atom. The molecule has 0 saturated heterocycles. The Labute approximate surface area is 94.7 Å². The molecular formula is C11H14O2Te. The van der Waals surface area contributed by atoms with Gasteiger partial charge in [0.1, 0.15) is 0 Å². The molecule has 0 heterocycles. The zero-order valence-corrected chi connectivity index (χ0v) is 10.7. The maximum atomic E-state index is 11.4. The van der Waals surface area contributed by atoms with Gasteiger partial charge in [0.15, 0.2) is 0 Å². The van der Waals surface area contributed by atoms with Crippen molar-refractivity contribution in [3.05, 3.63) is 30.3 Å². The Balaban J connectivity index is 2.49. The van der Waals surface area contributed by atoms with Crippen LogP contribution >= 0.6 is 0 Å². The second-order valence-electron chi connectivity index (χ2n) is 2.83. The fourth-order valence-electron chi connectivity index (χ4n) is 1.01. The van der Waals surface area contributed by atoms with Gasteiger partial charge in [0.25, 0.3) is 0 Å². The standard InChI is InChI=1S/C11H14O2Te/c1-3-13-11(12)9(2)14-10-7-5-4-6-8-10/h4-9H,3H2,1-2H3. The number of hydrogen-bond acceptors (Lipinski definition) is 2. The molecule has 0 saturated carbocycles. The van der Waals surface area contributed by atoms with E-state index in [1.54, 1.807) is 0 Å². The van der Waals surface area contributed by atoms with Crippen LogP contribution in [-0.4, -0.2) is 33.5 Å². The van der Waals surface area contributed by atoms with Gasteiger partial charge < -0.3 is 0 Å². The van der Waals surface area contributed by atoms with Crippen LogP contribution in [0.3, 0.4) is 0 Å². The Morgan fingerprint density at radius 1 is 1.43 bits per heavy atom. The predicted octanol–water partition coefficient (Wildman–Crippen LogP) is 1.39. The minimum atomic E-state index is -0.447. The second kappa shape index (κ2) is 6.06. The zero-order chi connectivity index (χ0) is 10.4. The monoisotopic (exact) mass is 308 g/mol. The van der Waals surface area contributed by atoms with E-state index >= 15 is 0 Å². The molecule has 0 amide bonds. The van der Waals surface area contributed by atoms with Crippen LogP contribution in [0.25, 0.3) is 0 Å². The average Bonchev–Trinajstić information content (AvgIpc) is 2.19. The SMILES string of the molecule is CCOC(=O)C(C)[Te]c1ccccc1. The van der Waals surface area contributed by atoms with Gasteiger partial charge in [-0.2, -0.15) is 0 Å². The summed E-state index contributed by atoms with van der Waals surface area (Å²) in [4.78, 5) is 11.4. The maximum absolute atomic E-state index is 11.4. The van der Waals surface area contributed by atoms with E-state index in [0.717, 1.165) is 0 Å². The summed E-state index contributed by atoms with van der Waals surface area (Å²) in [7, 11) is 0. The molecule has 3 heteroatoms. The van der Waals surface area contributed by atoms with Crippen LogP contribution in [0.15, 0.2) is 30.3 Å². The Bertz CT molecular complexity index is 285. The number of ether oxygens (including phenoxy) is 1. The summed E-state index contributed by atoms with van der Waals surface area (Å²) in [6, 6.07) is 10.2. The van der Waals surface area contributed by atoms with Gasteiger partial charge in [-0.15, -0.1) is 0 Å². The van der Waals surface area contributed by atoms with Crippen LogP contribution in [0.4, 0.5) is 0 Å². The Morgan fingerprint density at radius 2 is 2.07 bits per heavy atom. The van der Waals surface area contributed by atoms with E-state index in [1.165, 1.54) is 3.61 Å². The Kier molecular flexibility index (Phi) is 5.00. The van der Waals surface area contributed by atoms with E-state index in [-0.39, 0.29) is 9.94 Å². The van der Waals surface area contributed by atoms with Gasteiger partial charge in [0.2, 0.25) is 0 Å². The van der Waals surface area contributed by atoms with Crippen LogP contribution in [-0.2, 0) is 9.53 Å². The molecule has 1 atom stereocenters. The molecule has 0 fully saturated rings. The van der Waals surface area contributed by atoms with Gasteiger partial charge in [0, 0.05) is 0 Å². The molecule has 0 radical (unpaired) electrons. The summed E-state index contributed by atoms with van der Waals surface area (Å²) in [6.07, 6.45) is 0. The third-order valence-corrected chi connectivity index (χ3v) is 4.79. The predicted molar refractivity (Wildman–Crippen MR) is 57.9 cm³/mol. The van der Waals surface area contributed by atoms with Gasteiger partial charge in [-0.05, 0) is 0 Å². The molecule has 1 aromatic rings. The normalized spacial score (nSPS) is 12.1. The first-order valence-electron chi connectivity index (χ1n) is 4.62. The molecule has 1 aromatic carbocycles. The van der Waals surface area contributed by atoms with E-state index in [0.29, 0.717) is 6.61 Å². The van der Waals surface area contributed by atoms with Gasteiger partial charge >= 0.3 is 94.8 Å². The summed E-state index contributed by atoms with van der Waals surface area (Å²) in [6.45, 7) is 4.27. The first-order valence-corrected chi connectivity index (χ1v) is 7.13. The number of carbonyl (C=O) groups excluding carboxylic acids is 1.